The molecule has 2 heterocycles. The van der Waals surface area contributed by atoms with Crippen LogP contribution in [0.1, 0.15) is 15.9 Å². The number of aromatic nitrogens is 1. The highest BCUT2D eigenvalue weighted by Crippen LogP contribution is 2.23. The number of amides is 1. The van der Waals surface area contributed by atoms with Gasteiger partial charge < -0.3 is 9.80 Å². The van der Waals surface area contributed by atoms with Gasteiger partial charge in [0.1, 0.15) is 5.82 Å². The lowest BCUT2D eigenvalue weighted by Crippen LogP contribution is -2.49. The highest BCUT2D eigenvalue weighted by molar-refractivity contribution is 7.92. The van der Waals surface area contributed by atoms with Gasteiger partial charge in [0, 0.05) is 49.0 Å². The van der Waals surface area contributed by atoms with Gasteiger partial charge in [0.05, 0.1) is 4.90 Å². The number of carbonyl (C=O) groups is 1. The number of halogens is 1. The van der Waals surface area contributed by atoms with E-state index < -0.39 is 15.8 Å². The highest BCUT2D eigenvalue weighted by atomic mass is 32.2. The molecule has 2 aromatic carbocycles. The van der Waals surface area contributed by atoms with Crippen molar-refractivity contribution in [3.8, 4) is 0 Å². The highest BCUT2D eigenvalue weighted by Gasteiger charge is 2.26. The third-order valence-electron chi connectivity index (χ3n) is 5.10. The van der Waals surface area contributed by atoms with Crippen LogP contribution in [0.5, 0.6) is 0 Å². The molecule has 0 aliphatic carbocycles. The van der Waals surface area contributed by atoms with Crippen LogP contribution in [0.3, 0.4) is 0 Å². The number of aryl methyl sites for hydroxylation is 1. The quantitative estimate of drug-likeness (QED) is 0.631. The summed E-state index contributed by atoms with van der Waals surface area (Å²) in [6.45, 7) is 4.18. The van der Waals surface area contributed by atoms with Crippen molar-refractivity contribution in [1.29, 1.82) is 0 Å². The van der Waals surface area contributed by atoms with Crippen LogP contribution in [0, 0.1) is 12.7 Å². The molecule has 162 valence electrons. The Morgan fingerprint density at radius 2 is 1.81 bits per heavy atom. The molecule has 1 fully saturated rings. The zero-order valence-corrected chi connectivity index (χ0v) is 18.4. The molecule has 0 atom stereocenters. The van der Waals surface area contributed by atoms with E-state index in [9.17, 15) is 17.6 Å². The third-order valence-corrected chi connectivity index (χ3v) is 7.31. The van der Waals surface area contributed by atoms with Crippen molar-refractivity contribution in [1.82, 2.24) is 9.88 Å². The number of rotatable bonds is 5. The zero-order chi connectivity index (χ0) is 22.0. The number of sulfonamides is 1. The van der Waals surface area contributed by atoms with E-state index in [1.165, 1.54) is 36.4 Å². The van der Waals surface area contributed by atoms with Crippen molar-refractivity contribution in [2.75, 3.05) is 35.8 Å². The molecule has 1 aliphatic heterocycles. The predicted molar refractivity (Wildman–Crippen MR) is 119 cm³/mol. The fraction of sp³-hybridized carbons (Fsp3) is 0.238. The number of nitrogens with zero attached hydrogens (tertiary/aromatic N) is 3. The Bertz CT molecular complexity index is 1170. The van der Waals surface area contributed by atoms with Crippen LogP contribution in [0.25, 0.3) is 0 Å². The maximum absolute atomic E-state index is 13.1. The van der Waals surface area contributed by atoms with Gasteiger partial charge in [-0.3, -0.25) is 9.52 Å². The number of nitrogens with one attached hydrogen (secondary N) is 1. The smallest absolute Gasteiger partial charge is 0.261 e. The molecule has 1 aliphatic rings. The number of hydrogen-bond donors (Lipinski definition) is 1. The first-order valence-corrected chi connectivity index (χ1v) is 12.0. The largest absolute Gasteiger partial charge is 0.345 e. The van der Waals surface area contributed by atoms with Crippen LogP contribution in [0.2, 0.25) is 0 Å². The number of carbonyl (C=O) groups excluding carboxylic acids is 1. The van der Waals surface area contributed by atoms with Crippen LogP contribution in [-0.4, -0.2) is 50.4 Å². The number of anilines is 2. The molecule has 4 rings (SSSR count). The molecule has 1 saturated heterocycles. The van der Waals surface area contributed by atoms with Crippen LogP contribution < -0.4 is 9.62 Å². The number of benzene rings is 2. The molecule has 10 heteroatoms. The Labute approximate surface area is 184 Å². The first kappa shape index (κ1) is 21.3. The van der Waals surface area contributed by atoms with E-state index in [0.717, 1.165) is 5.13 Å². The second kappa shape index (κ2) is 8.64. The van der Waals surface area contributed by atoms with E-state index in [0.29, 0.717) is 37.3 Å². The van der Waals surface area contributed by atoms with Gasteiger partial charge in [0.25, 0.3) is 15.9 Å². The average molecular weight is 461 g/mol. The van der Waals surface area contributed by atoms with E-state index in [1.54, 1.807) is 35.4 Å². The molecular weight excluding hydrogens is 439 g/mol. The predicted octanol–water partition coefficient (Wildman–Crippen LogP) is 3.35. The monoisotopic (exact) mass is 460 g/mol. The summed E-state index contributed by atoms with van der Waals surface area (Å²) in [5.41, 5.74) is 1.30. The van der Waals surface area contributed by atoms with Gasteiger partial charge in [-0.2, -0.15) is 0 Å². The lowest BCUT2D eigenvalue weighted by Gasteiger charge is -2.34. The Kier molecular flexibility index (Phi) is 5.92. The summed E-state index contributed by atoms with van der Waals surface area (Å²) >= 11 is 1.56. The molecule has 3 aromatic rings. The fourth-order valence-electron chi connectivity index (χ4n) is 3.37. The maximum atomic E-state index is 13.1. The minimum absolute atomic E-state index is 0.0211. The van der Waals surface area contributed by atoms with E-state index in [4.69, 9.17) is 0 Å². The summed E-state index contributed by atoms with van der Waals surface area (Å²) in [4.78, 5) is 21.3. The first-order valence-electron chi connectivity index (χ1n) is 9.66. The molecule has 7 nitrogen and oxygen atoms in total. The van der Waals surface area contributed by atoms with Crippen LogP contribution in [0.15, 0.2) is 58.9 Å². The van der Waals surface area contributed by atoms with Crippen LogP contribution >= 0.6 is 11.3 Å². The SMILES string of the molecule is Cc1ccc(S(=O)(=O)Nc2ccc(F)cc2)cc1C(=O)N1CCN(c2nccs2)CC1. The fourth-order valence-corrected chi connectivity index (χ4v) is 5.16. The van der Waals surface area contributed by atoms with E-state index in [-0.39, 0.29) is 16.5 Å². The van der Waals surface area contributed by atoms with E-state index in [2.05, 4.69) is 14.6 Å². The maximum Gasteiger partial charge on any atom is 0.261 e. The lowest BCUT2D eigenvalue weighted by atomic mass is 10.1. The second-order valence-corrected chi connectivity index (χ2v) is 9.74. The molecule has 0 unspecified atom stereocenters. The molecule has 0 bridgehead atoms. The summed E-state index contributed by atoms with van der Waals surface area (Å²) in [6.07, 6.45) is 1.76. The Balaban J connectivity index is 1.51. The van der Waals surface area contributed by atoms with Crippen molar-refractivity contribution in [3.05, 3.63) is 71.0 Å². The van der Waals surface area contributed by atoms with Gasteiger partial charge in [-0.25, -0.2) is 17.8 Å². The van der Waals surface area contributed by atoms with Gasteiger partial charge in [-0.05, 0) is 48.9 Å². The summed E-state index contributed by atoms with van der Waals surface area (Å²) in [5.74, 6) is -0.656. The number of thiazole rings is 1. The molecular formula is C21H21FN4O3S2. The number of piperazine rings is 1. The van der Waals surface area contributed by atoms with E-state index >= 15 is 0 Å². The second-order valence-electron chi connectivity index (χ2n) is 7.18. The first-order chi connectivity index (χ1) is 14.8. The normalized spacial score (nSPS) is 14.5. The Morgan fingerprint density at radius 3 is 2.45 bits per heavy atom. The third kappa shape index (κ3) is 4.70. The molecule has 1 N–H and O–H groups in total. The molecule has 0 spiro atoms. The van der Waals surface area contributed by atoms with Crippen molar-refractivity contribution >= 4 is 38.1 Å². The van der Waals surface area contributed by atoms with Crippen molar-refractivity contribution in [3.63, 3.8) is 0 Å². The lowest BCUT2D eigenvalue weighted by molar-refractivity contribution is 0.0746. The standard InChI is InChI=1S/C21H21FN4O3S2/c1-15-2-7-18(31(28,29)24-17-5-3-16(22)4-6-17)14-19(15)20(27)25-9-11-26(12-10-25)21-23-8-13-30-21/h2-8,13-14,24H,9-12H2,1H3. The number of hydrogen-bond acceptors (Lipinski definition) is 6. The minimum atomic E-state index is -3.93. The topological polar surface area (TPSA) is 82.6 Å². The minimum Gasteiger partial charge on any atom is -0.345 e. The Morgan fingerprint density at radius 1 is 1.10 bits per heavy atom. The summed E-state index contributed by atoms with van der Waals surface area (Å²) in [6, 6.07) is 9.51. The van der Waals surface area contributed by atoms with Gasteiger partial charge in [0.15, 0.2) is 5.13 Å². The van der Waals surface area contributed by atoms with Gasteiger partial charge in [0.2, 0.25) is 0 Å². The molecule has 1 aromatic heterocycles. The summed E-state index contributed by atoms with van der Waals surface area (Å²) in [7, 11) is -3.93. The molecule has 1 amide bonds. The Hall–Kier alpha value is -2.98. The van der Waals surface area contributed by atoms with Crippen LogP contribution in [0.4, 0.5) is 15.2 Å². The van der Waals surface area contributed by atoms with Crippen LogP contribution in [-0.2, 0) is 10.0 Å². The van der Waals surface area contributed by atoms with E-state index in [1.807, 2.05) is 5.38 Å². The average Bonchev–Trinajstić information content (AvgIpc) is 3.30. The van der Waals surface area contributed by atoms with Crippen molar-refractivity contribution in [2.24, 2.45) is 0 Å². The van der Waals surface area contributed by atoms with Crippen molar-refractivity contribution in [2.45, 2.75) is 11.8 Å². The summed E-state index contributed by atoms with van der Waals surface area (Å²) in [5, 5.41) is 2.85. The molecule has 0 radical (unpaired) electrons. The van der Waals surface area contributed by atoms with Gasteiger partial charge in [-0.15, -0.1) is 11.3 Å². The molecule has 0 saturated carbocycles. The summed E-state index contributed by atoms with van der Waals surface area (Å²) < 4.78 is 41.1. The zero-order valence-electron chi connectivity index (χ0n) is 16.8. The molecule has 31 heavy (non-hydrogen) atoms. The van der Waals surface area contributed by atoms with Gasteiger partial charge >= 0.3 is 0 Å². The van der Waals surface area contributed by atoms with Gasteiger partial charge in [-0.1, -0.05) is 6.07 Å². The van der Waals surface area contributed by atoms with Crippen molar-refractivity contribution < 1.29 is 17.6 Å².